The van der Waals surface area contributed by atoms with Gasteiger partial charge in [-0.15, -0.1) is 0 Å². The highest BCUT2D eigenvalue weighted by Gasteiger charge is 2.14. The molecule has 19 heavy (non-hydrogen) atoms. The van der Waals surface area contributed by atoms with Gasteiger partial charge in [-0.3, -0.25) is 0 Å². The van der Waals surface area contributed by atoms with Gasteiger partial charge >= 0.3 is 0 Å². The van der Waals surface area contributed by atoms with Crippen molar-refractivity contribution < 1.29 is 13.2 Å². The second-order valence-electron chi connectivity index (χ2n) is 3.97. The van der Waals surface area contributed by atoms with E-state index >= 15 is 0 Å². The Hall–Kier alpha value is -1.40. The van der Waals surface area contributed by atoms with Crippen LogP contribution in [0, 0.1) is 11.6 Å². The summed E-state index contributed by atoms with van der Waals surface area (Å²) in [6.45, 7) is 3.30. The smallest absolute Gasteiger partial charge is 0.260 e. The van der Waals surface area contributed by atoms with Gasteiger partial charge in [-0.2, -0.15) is 0 Å². The average Bonchev–Trinajstić information content (AvgIpc) is 2.87. The second-order valence-corrected chi connectivity index (χ2v) is 4.93. The van der Waals surface area contributed by atoms with Gasteiger partial charge in [0.25, 0.3) is 5.22 Å². The summed E-state index contributed by atoms with van der Waals surface area (Å²) in [5, 5.41) is 3.32. The van der Waals surface area contributed by atoms with Gasteiger partial charge in [-0.1, -0.05) is 6.92 Å². The van der Waals surface area contributed by atoms with Gasteiger partial charge in [0.05, 0.1) is 11.1 Å². The number of halogens is 2. The molecule has 1 aromatic carbocycles. The SMILES string of the molecule is CCCNCc1cc(F)c(Sc2ncco2)c(F)c1. The van der Waals surface area contributed by atoms with E-state index in [0.717, 1.165) is 24.7 Å². The molecule has 6 heteroatoms. The maximum atomic E-state index is 13.9. The van der Waals surface area contributed by atoms with Gasteiger partial charge < -0.3 is 9.73 Å². The van der Waals surface area contributed by atoms with Crippen LogP contribution in [-0.2, 0) is 6.54 Å². The maximum absolute atomic E-state index is 13.9. The molecule has 1 heterocycles. The van der Waals surface area contributed by atoms with Crippen LogP contribution in [0.2, 0.25) is 0 Å². The van der Waals surface area contributed by atoms with Crippen LogP contribution in [0.1, 0.15) is 18.9 Å². The summed E-state index contributed by atoms with van der Waals surface area (Å²) in [4.78, 5) is 3.73. The first-order valence-corrected chi connectivity index (χ1v) is 6.78. The van der Waals surface area contributed by atoms with Crippen molar-refractivity contribution >= 4 is 11.8 Å². The fourth-order valence-corrected chi connectivity index (χ4v) is 2.27. The predicted octanol–water partition coefficient (Wildman–Crippen LogP) is 3.60. The zero-order valence-corrected chi connectivity index (χ0v) is 11.3. The Morgan fingerprint density at radius 3 is 2.63 bits per heavy atom. The van der Waals surface area contributed by atoms with Gasteiger partial charge in [0.2, 0.25) is 0 Å². The molecule has 1 N–H and O–H groups in total. The molecule has 0 bridgehead atoms. The van der Waals surface area contributed by atoms with Crippen molar-refractivity contribution in [1.29, 1.82) is 0 Å². The number of rotatable bonds is 6. The number of oxazole rings is 1. The lowest BCUT2D eigenvalue weighted by atomic mass is 10.2. The number of aromatic nitrogens is 1. The standard InChI is InChI=1S/C13H14F2N2OS/c1-2-3-16-8-9-6-10(14)12(11(15)7-9)19-13-17-4-5-18-13/h4-7,16H,2-3,8H2,1H3. The van der Waals surface area contributed by atoms with E-state index in [2.05, 4.69) is 10.3 Å². The monoisotopic (exact) mass is 284 g/mol. The minimum absolute atomic E-state index is 0.0957. The average molecular weight is 284 g/mol. The van der Waals surface area contributed by atoms with Crippen LogP contribution >= 0.6 is 11.8 Å². The van der Waals surface area contributed by atoms with Crippen molar-refractivity contribution in [3.05, 3.63) is 41.8 Å². The number of hydrogen-bond donors (Lipinski definition) is 1. The summed E-state index contributed by atoms with van der Waals surface area (Å²) < 4.78 is 32.7. The molecule has 0 saturated heterocycles. The molecule has 2 aromatic rings. The number of nitrogens with one attached hydrogen (secondary N) is 1. The van der Waals surface area contributed by atoms with Crippen molar-refractivity contribution in [3.8, 4) is 0 Å². The molecule has 0 atom stereocenters. The van der Waals surface area contributed by atoms with Crippen LogP contribution in [-0.4, -0.2) is 11.5 Å². The van der Waals surface area contributed by atoms with Crippen LogP contribution in [0.4, 0.5) is 8.78 Å². The lowest BCUT2D eigenvalue weighted by Crippen LogP contribution is -2.14. The van der Waals surface area contributed by atoms with Gasteiger partial charge in [-0.05, 0) is 42.4 Å². The van der Waals surface area contributed by atoms with Crippen LogP contribution in [0.25, 0.3) is 0 Å². The maximum Gasteiger partial charge on any atom is 0.260 e. The molecular weight excluding hydrogens is 270 g/mol. The lowest BCUT2D eigenvalue weighted by molar-refractivity contribution is 0.451. The highest BCUT2D eigenvalue weighted by Crippen LogP contribution is 2.31. The van der Waals surface area contributed by atoms with Crippen molar-refractivity contribution in [3.63, 3.8) is 0 Å². The van der Waals surface area contributed by atoms with Gasteiger partial charge in [-0.25, -0.2) is 13.8 Å². The fraction of sp³-hybridized carbons (Fsp3) is 0.308. The van der Waals surface area contributed by atoms with Gasteiger partial charge in [0, 0.05) is 6.54 Å². The molecule has 0 spiro atoms. The van der Waals surface area contributed by atoms with Crippen LogP contribution in [0.3, 0.4) is 0 Å². The van der Waals surface area contributed by atoms with E-state index in [9.17, 15) is 8.78 Å². The van der Waals surface area contributed by atoms with E-state index in [1.807, 2.05) is 6.92 Å². The largest absolute Gasteiger partial charge is 0.440 e. The van der Waals surface area contributed by atoms with Crippen LogP contribution in [0.15, 0.2) is 39.1 Å². The van der Waals surface area contributed by atoms with Crippen molar-refractivity contribution in [2.45, 2.75) is 30.0 Å². The summed E-state index contributed by atoms with van der Waals surface area (Å²) in [5.74, 6) is -1.20. The van der Waals surface area contributed by atoms with Crippen molar-refractivity contribution in [1.82, 2.24) is 10.3 Å². The van der Waals surface area contributed by atoms with Crippen LogP contribution < -0.4 is 5.32 Å². The van der Waals surface area contributed by atoms with E-state index in [-0.39, 0.29) is 10.1 Å². The molecule has 0 amide bonds. The van der Waals surface area contributed by atoms with E-state index in [1.165, 1.54) is 24.6 Å². The van der Waals surface area contributed by atoms with E-state index < -0.39 is 11.6 Å². The Labute approximate surface area is 114 Å². The minimum atomic E-state index is -0.600. The Morgan fingerprint density at radius 2 is 2.05 bits per heavy atom. The Bertz CT molecular complexity index is 508. The molecule has 102 valence electrons. The first kappa shape index (κ1) is 14.0. The Balaban J connectivity index is 2.12. The van der Waals surface area contributed by atoms with Crippen LogP contribution in [0.5, 0.6) is 0 Å². The molecule has 0 aliphatic heterocycles. The molecule has 3 nitrogen and oxygen atoms in total. The summed E-state index contributed by atoms with van der Waals surface area (Å²) in [6, 6.07) is 2.66. The Morgan fingerprint density at radius 1 is 1.32 bits per heavy atom. The second kappa shape index (κ2) is 6.68. The molecule has 0 radical (unpaired) electrons. The summed E-state index contributed by atoms with van der Waals surface area (Å²) in [5.41, 5.74) is 0.584. The third-order valence-electron chi connectivity index (χ3n) is 2.41. The number of hydrogen-bond acceptors (Lipinski definition) is 4. The minimum Gasteiger partial charge on any atom is -0.440 e. The summed E-state index contributed by atoms with van der Waals surface area (Å²) >= 11 is 0.836. The molecule has 0 fully saturated rings. The summed E-state index contributed by atoms with van der Waals surface area (Å²) in [7, 11) is 0. The highest BCUT2D eigenvalue weighted by molar-refractivity contribution is 7.99. The quantitative estimate of drug-likeness (QED) is 0.822. The van der Waals surface area contributed by atoms with Crippen molar-refractivity contribution in [2.24, 2.45) is 0 Å². The molecular formula is C13H14F2N2OS. The van der Waals surface area contributed by atoms with Gasteiger partial charge in [0.15, 0.2) is 0 Å². The van der Waals surface area contributed by atoms with E-state index in [4.69, 9.17) is 4.42 Å². The topological polar surface area (TPSA) is 38.1 Å². The van der Waals surface area contributed by atoms with E-state index in [1.54, 1.807) is 0 Å². The predicted molar refractivity (Wildman–Crippen MR) is 69.0 cm³/mol. The highest BCUT2D eigenvalue weighted by atomic mass is 32.2. The van der Waals surface area contributed by atoms with E-state index in [0.29, 0.717) is 12.1 Å². The molecule has 0 saturated carbocycles. The fourth-order valence-electron chi connectivity index (χ4n) is 1.57. The van der Waals surface area contributed by atoms with Gasteiger partial charge in [0.1, 0.15) is 17.9 Å². The molecule has 0 aliphatic rings. The lowest BCUT2D eigenvalue weighted by Gasteiger charge is -2.07. The third-order valence-corrected chi connectivity index (χ3v) is 3.38. The normalized spacial score (nSPS) is 10.9. The first-order chi connectivity index (χ1) is 9.20. The molecule has 0 unspecified atom stereocenters. The van der Waals surface area contributed by atoms with Crippen molar-refractivity contribution in [2.75, 3.05) is 6.54 Å². The zero-order chi connectivity index (χ0) is 13.7. The zero-order valence-electron chi connectivity index (χ0n) is 10.5. The molecule has 2 rings (SSSR count). The Kier molecular flexibility index (Phi) is 4.93. The molecule has 0 aliphatic carbocycles. The molecule has 1 aromatic heterocycles. The number of nitrogens with zero attached hydrogens (tertiary/aromatic N) is 1. The summed E-state index contributed by atoms with van der Waals surface area (Å²) in [6.07, 6.45) is 3.77. The third kappa shape index (κ3) is 3.78. The number of benzene rings is 1. The first-order valence-electron chi connectivity index (χ1n) is 5.96.